The number of rotatable bonds is 5. The zero-order valence-corrected chi connectivity index (χ0v) is 10.9. The van der Waals surface area contributed by atoms with Gasteiger partial charge in [0.1, 0.15) is 0 Å². The number of hydrogen-bond acceptors (Lipinski definition) is 4. The SMILES string of the molecule is C=CC(=O)[N+](C)(C)C(=O)C=CC(=C)C(=O)OCC. The van der Waals surface area contributed by atoms with Crippen molar-refractivity contribution in [3.63, 3.8) is 0 Å². The molecule has 0 saturated carbocycles. The molecule has 0 saturated heterocycles. The van der Waals surface area contributed by atoms with Crippen molar-refractivity contribution >= 4 is 17.8 Å². The maximum absolute atomic E-state index is 11.8. The van der Waals surface area contributed by atoms with Gasteiger partial charge < -0.3 is 4.74 Å². The fraction of sp³-hybridized carbons (Fsp3) is 0.308. The van der Waals surface area contributed by atoms with E-state index in [-0.39, 0.29) is 12.2 Å². The number of carbonyl (C=O) groups is 3. The summed E-state index contributed by atoms with van der Waals surface area (Å²) in [5.74, 6) is -1.52. The molecule has 0 aromatic carbocycles. The third-order valence-electron chi connectivity index (χ3n) is 2.24. The molecule has 5 nitrogen and oxygen atoms in total. The maximum Gasteiger partial charge on any atom is 0.345 e. The summed E-state index contributed by atoms with van der Waals surface area (Å²) in [7, 11) is 2.87. The lowest BCUT2D eigenvalue weighted by Gasteiger charge is -2.20. The van der Waals surface area contributed by atoms with Crippen molar-refractivity contribution in [2.75, 3.05) is 20.7 Å². The van der Waals surface area contributed by atoms with Crippen LogP contribution in [0.25, 0.3) is 0 Å². The van der Waals surface area contributed by atoms with E-state index in [1.54, 1.807) is 6.92 Å². The highest BCUT2D eigenvalue weighted by atomic mass is 16.5. The first kappa shape index (κ1) is 16.0. The zero-order valence-electron chi connectivity index (χ0n) is 10.9. The Labute approximate surface area is 107 Å². The molecule has 2 amide bonds. The molecule has 0 aliphatic carbocycles. The van der Waals surface area contributed by atoms with Gasteiger partial charge in [0.05, 0.1) is 26.3 Å². The monoisotopic (exact) mass is 252 g/mol. The fourth-order valence-corrected chi connectivity index (χ4v) is 0.987. The van der Waals surface area contributed by atoms with E-state index < -0.39 is 22.3 Å². The Bertz CT molecular complexity index is 419. The first-order valence-corrected chi connectivity index (χ1v) is 5.37. The third-order valence-corrected chi connectivity index (χ3v) is 2.24. The van der Waals surface area contributed by atoms with Crippen LogP contribution in [0.1, 0.15) is 6.92 Å². The molecule has 18 heavy (non-hydrogen) atoms. The Hall–Kier alpha value is -2.01. The molecule has 0 unspecified atom stereocenters. The largest absolute Gasteiger partial charge is 0.462 e. The summed E-state index contributed by atoms with van der Waals surface area (Å²) in [6.45, 7) is 8.69. The molecule has 5 heteroatoms. The van der Waals surface area contributed by atoms with E-state index >= 15 is 0 Å². The lowest BCUT2D eigenvalue weighted by molar-refractivity contribution is -0.729. The van der Waals surface area contributed by atoms with Gasteiger partial charge in [0, 0.05) is 12.2 Å². The Morgan fingerprint density at radius 3 is 2.17 bits per heavy atom. The van der Waals surface area contributed by atoms with Crippen LogP contribution < -0.4 is 0 Å². The molecule has 0 rings (SSSR count). The number of likely N-dealkylation sites (N-methyl/N-ethyl adjacent to an activating group) is 1. The molecule has 0 aromatic rings. The normalized spacial score (nSPS) is 11.1. The quantitative estimate of drug-likeness (QED) is 0.317. The van der Waals surface area contributed by atoms with Gasteiger partial charge in [-0.25, -0.2) is 14.4 Å². The number of carbonyl (C=O) groups excluding carboxylic acids is 3. The van der Waals surface area contributed by atoms with Crippen LogP contribution in [0.3, 0.4) is 0 Å². The molecule has 0 aliphatic rings. The van der Waals surface area contributed by atoms with Gasteiger partial charge in [0.15, 0.2) is 0 Å². The maximum atomic E-state index is 11.8. The third kappa shape index (κ3) is 4.10. The first-order chi connectivity index (χ1) is 8.27. The van der Waals surface area contributed by atoms with Crippen LogP contribution in [0.2, 0.25) is 0 Å². The fourth-order valence-electron chi connectivity index (χ4n) is 0.987. The standard InChI is InChI=1S/C13H18NO4/c1-6-11(15)14(4,5)12(16)9-8-10(3)13(17)18-7-2/h6,8-9H,1,3,7H2,2,4-5H3/q+1. The molecule has 0 aromatic heterocycles. The lowest BCUT2D eigenvalue weighted by atomic mass is 10.2. The molecule has 0 bridgehead atoms. The summed E-state index contributed by atoms with van der Waals surface area (Å²) in [6, 6.07) is 0. The summed E-state index contributed by atoms with van der Waals surface area (Å²) < 4.78 is 4.20. The second kappa shape index (κ2) is 6.66. The topological polar surface area (TPSA) is 60.4 Å². The predicted molar refractivity (Wildman–Crippen MR) is 67.2 cm³/mol. The number of imide groups is 1. The van der Waals surface area contributed by atoms with E-state index in [1.165, 1.54) is 20.2 Å². The average molecular weight is 252 g/mol. The van der Waals surface area contributed by atoms with E-state index in [9.17, 15) is 14.4 Å². The average Bonchev–Trinajstić information content (AvgIpc) is 2.34. The highest BCUT2D eigenvalue weighted by molar-refractivity contribution is 5.97. The Kier molecular flexibility index (Phi) is 5.92. The molecule has 0 heterocycles. The summed E-state index contributed by atoms with van der Waals surface area (Å²) in [6.07, 6.45) is 3.43. The van der Waals surface area contributed by atoms with Crippen molar-refractivity contribution in [2.24, 2.45) is 0 Å². The van der Waals surface area contributed by atoms with Gasteiger partial charge in [0.25, 0.3) is 0 Å². The van der Waals surface area contributed by atoms with Gasteiger partial charge in [-0.2, -0.15) is 4.48 Å². The minimum absolute atomic E-state index is 0.0521. The molecule has 0 radical (unpaired) electrons. The van der Waals surface area contributed by atoms with Crippen LogP contribution in [0, 0.1) is 0 Å². The molecule has 0 fully saturated rings. The van der Waals surface area contributed by atoms with Crippen molar-refractivity contribution in [1.82, 2.24) is 0 Å². The summed E-state index contributed by atoms with van der Waals surface area (Å²) in [4.78, 5) is 34.4. The summed E-state index contributed by atoms with van der Waals surface area (Å²) in [5.41, 5.74) is 0.0521. The van der Waals surface area contributed by atoms with Crippen molar-refractivity contribution < 1.29 is 23.6 Å². The predicted octanol–water partition coefficient (Wildman–Crippen LogP) is 0.978. The van der Waals surface area contributed by atoms with Crippen molar-refractivity contribution in [1.29, 1.82) is 0 Å². The van der Waals surface area contributed by atoms with Gasteiger partial charge in [-0.15, -0.1) is 0 Å². The molecular formula is C13H18NO4+. The lowest BCUT2D eigenvalue weighted by Crippen LogP contribution is -2.48. The summed E-state index contributed by atoms with van der Waals surface area (Å²) in [5, 5.41) is 0. The van der Waals surface area contributed by atoms with Crippen LogP contribution in [0.15, 0.2) is 37.0 Å². The summed E-state index contributed by atoms with van der Waals surface area (Å²) >= 11 is 0. The van der Waals surface area contributed by atoms with Crippen LogP contribution in [-0.4, -0.2) is 43.0 Å². The molecule has 98 valence electrons. The number of ether oxygens (including phenoxy) is 1. The minimum Gasteiger partial charge on any atom is -0.462 e. The molecular weight excluding hydrogens is 234 g/mol. The number of nitrogens with zero attached hydrogens (tertiary/aromatic N) is 1. The highest BCUT2D eigenvalue weighted by Gasteiger charge is 2.31. The second-order valence-electron chi connectivity index (χ2n) is 3.91. The number of hydrogen-bond donors (Lipinski definition) is 0. The van der Waals surface area contributed by atoms with Crippen LogP contribution in [-0.2, 0) is 19.1 Å². The van der Waals surface area contributed by atoms with Crippen molar-refractivity contribution in [2.45, 2.75) is 6.92 Å². The van der Waals surface area contributed by atoms with Gasteiger partial charge >= 0.3 is 17.8 Å². The van der Waals surface area contributed by atoms with Gasteiger partial charge in [-0.3, -0.25) is 0 Å². The van der Waals surface area contributed by atoms with Crippen molar-refractivity contribution in [3.05, 3.63) is 37.0 Å². The Morgan fingerprint density at radius 2 is 1.72 bits per heavy atom. The van der Waals surface area contributed by atoms with Gasteiger partial charge in [-0.1, -0.05) is 13.2 Å². The van der Waals surface area contributed by atoms with Crippen LogP contribution >= 0.6 is 0 Å². The molecule has 0 aliphatic heterocycles. The van der Waals surface area contributed by atoms with Crippen LogP contribution in [0.5, 0.6) is 0 Å². The molecule has 0 spiro atoms. The second-order valence-corrected chi connectivity index (χ2v) is 3.91. The van der Waals surface area contributed by atoms with E-state index in [1.807, 2.05) is 0 Å². The number of quaternary nitrogens is 1. The number of esters is 1. The minimum atomic E-state index is -0.595. The van der Waals surface area contributed by atoms with E-state index in [0.717, 1.165) is 12.2 Å². The van der Waals surface area contributed by atoms with Gasteiger partial charge in [0.2, 0.25) is 0 Å². The molecule has 0 N–H and O–H groups in total. The first-order valence-electron chi connectivity index (χ1n) is 5.37. The highest BCUT2D eigenvalue weighted by Crippen LogP contribution is 2.04. The van der Waals surface area contributed by atoms with E-state index in [2.05, 4.69) is 13.2 Å². The Morgan fingerprint density at radius 1 is 1.17 bits per heavy atom. The Balaban J connectivity index is 4.76. The van der Waals surface area contributed by atoms with Crippen molar-refractivity contribution in [3.8, 4) is 0 Å². The van der Waals surface area contributed by atoms with E-state index in [4.69, 9.17) is 4.74 Å². The van der Waals surface area contributed by atoms with E-state index in [0.29, 0.717) is 0 Å². The number of amides is 2. The van der Waals surface area contributed by atoms with Gasteiger partial charge in [-0.05, 0) is 13.0 Å². The smallest absolute Gasteiger partial charge is 0.345 e. The van der Waals surface area contributed by atoms with Crippen LogP contribution in [0.4, 0.5) is 0 Å². The molecule has 0 atom stereocenters. The zero-order chi connectivity index (χ0) is 14.3.